The zero-order valence-electron chi connectivity index (χ0n) is 5.46. The minimum Gasteiger partial charge on any atom is -0.480 e. The van der Waals surface area contributed by atoms with Crippen molar-refractivity contribution >= 4 is 5.97 Å². The van der Waals surface area contributed by atoms with Crippen molar-refractivity contribution < 1.29 is 14.3 Å². The number of carbonyl (C=O) groups is 1. The van der Waals surface area contributed by atoms with E-state index in [1.807, 2.05) is 0 Å². The maximum atomic E-state index is 12.3. The Morgan fingerprint density at radius 2 is 2.20 bits per heavy atom. The first-order chi connectivity index (χ1) is 4.57. The molecule has 0 saturated heterocycles. The summed E-state index contributed by atoms with van der Waals surface area (Å²) in [5.74, 6) is -1.20. The van der Waals surface area contributed by atoms with E-state index in [-0.39, 0.29) is 13.0 Å². The molecule has 0 amide bonds. The highest BCUT2D eigenvalue weighted by molar-refractivity contribution is 5.73. The van der Waals surface area contributed by atoms with Crippen molar-refractivity contribution in [1.29, 1.82) is 0 Å². The molecule has 5 heteroatoms. The van der Waals surface area contributed by atoms with E-state index < -0.39 is 18.2 Å². The Morgan fingerprint density at radius 1 is 1.70 bits per heavy atom. The normalized spacial score (nSPS) is 16.3. The number of hydrogen-bond donors (Lipinski definition) is 3. The van der Waals surface area contributed by atoms with Crippen LogP contribution in [0.5, 0.6) is 0 Å². The van der Waals surface area contributed by atoms with Gasteiger partial charge in [0.15, 0.2) is 0 Å². The fourth-order valence-corrected chi connectivity index (χ4v) is 0.473. The first kappa shape index (κ1) is 9.32. The van der Waals surface area contributed by atoms with Gasteiger partial charge in [0, 0.05) is 13.0 Å². The van der Waals surface area contributed by atoms with Gasteiger partial charge in [0.2, 0.25) is 0 Å². The molecule has 0 aromatic heterocycles. The van der Waals surface area contributed by atoms with Crippen molar-refractivity contribution in [1.82, 2.24) is 0 Å². The van der Waals surface area contributed by atoms with Crippen LogP contribution in [0.25, 0.3) is 0 Å². The van der Waals surface area contributed by atoms with E-state index in [0.29, 0.717) is 0 Å². The summed E-state index contributed by atoms with van der Waals surface area (Å²) >= 11 is 0. The van der Waals surface area contributed by atoms with E-state index in [1.54, 1.807) is 0 Å². The van der Waals surface area contributed by atoms with Crippen LogP contribution in [0.1, 0.15) is 6.42 Å². The van der Waals surface area contributed by atoms with E-state index in [2.05, 4.69) is 0 Å². The number of alkyl halides is 1. The second kappa shape index (κ2) is 4.19. The van der Waals surface area contributed by atoms with Crippen LogP contribution in [-0.2, 0) is 4.79 Å². The van der Waals surface area contributed by atoms with Crippen molar-refractivity contribution in [2.24, 2.45) is 11.5 Å². The van der Waals surface area contributed by atoms with Crippen LogP contribution in [0.3, 0.4) is 0 Å². The molecule has 0 aromatic carbocycles. The van der Waals surface area contributed by atoms with Gasteiger partial charge in [-0.25, -0.2) is 4.39 Å². The average molecular weight is 150 g/mol. The molecule has 0 radical (unpaired) electrons. The van der Waals surface area contributed by atoms with Crippen molar-refractivity contribution in [2.45, 2.75) is 18.6 Å². The highest BCUT2D eigenvalue weighted by atomic mass is 19.1. The number of carboxylic acid groups (broad SMARTS) is 1. The smallest absolute Gasteiger partial charge is 0.320 e. The molecule has 0 spiro atoms. The van der Waals surface area contributed by atoms with E-state index in [4.69, 9.17) is 16.6 Å². The molecule has 0 aliphatic rings. The predicted octanol–water partition coefficient (Wildman–Crippen LogP) is -0.915. The number of carboxylic acids is 1. The zero-order chi connectivity index (χ0) is 8.15. The SMILES string of the molecule is NC[C@@H](F)C[C@H](N)C(=O)O. The minimum absolute atomic E-state index is 0.180. The second-order valence-corrected chi connectivity index (χ2v) is 2.01. The number of hydrogen-bond acceptors (Lipinski definition) is 3. The van der Waals surface area contributed by atoms with E-state index >= 15 is 0 Å². The number of rotatable bonds is 4. The number of nitrogens with two attached hydrogens (primary N) is 2. The first-order valence-corrected chi connectivity index (χ1v) is 2.90. The van der Waals surface area contributed by atoms with Gasteiger partial charge >= 0.3 is 5.97 Å². The van der Waals surface area contributed by atoms with Gasteiger partial charge in [-0.15, -0.1) is 0 Å². The summed E-state index contributed by atoms with van der Waals surface area (Å²) in [7, 11) is 0. The number of aliphatic carboxylic acids is 1. The molecule has 0 rings (SSSR count). The van der Waals surface area contributed by atoms with Crippen LogP contribution in [0.15, 0.2) is 0 Å². The third kappa shape index (κ3) is 3.37. The van der Waals surface area contributed by atoms with Gasteiger partial charge in [-0.1, -0.05) is 0 Å². The van der Waals surface area contributed by atoms with Gasteiger partial charge in [0.1, 0.15) is 12.2 Å². The second-order valence-electron chi connectivity index (χ2n) is 2.01. The van der Waals surface area contributed by atoms with Crippen LogP contribution >= 0.6 is 0 Å². The summed E-state index contributed by atoms with van der Waals surface area (Å²) in [6.45, 7) is -0.180. The molecule has 0 heterocycles. The lowest BCUT2D eigenvalue weighted by Crippen LogP contribution is -2.34. The first-order valence-electron chi connectivity index (χ1n) is 2.90. The highest BCUT2D eigenvalue weighted by Gasteiger charge is 2.16. The Balaban J connectivity index is 3.56. The molecule has 5 N–H and O–H groups in total. The fourth-order valence-electron chi connectivity index (χ4n) is 0.473. The molecule has 0 aliphatic carbocycles. The van der Waals surface area contributed by atoms with Crippen molar-refractivity contribution in [3.63, 3.8) is 0 Å². The summed E-state index contributed by atoms with van der Waals surface area (Å²) in [6.07, 6.45) is -1.53. The van der Waals surface area contributed by atoms with E-state index in [9.17, 15) is 9.18 Å². The maximum Gasteiger partial charge on any atom is 0.320 e. The van der Waals surface area contributed by atoms with Crippen LogP contribution < -0.4 is 11.5 Å². The fraction of sp³-hybridized carbons (Fsp3) is 0.800. The lowest BCUT2D eigenvalue weighted by atomic mass is 10.1. The zero-order valence-corrected chi connectivity index (χ0v) is 5.46. The highest BCUT2D eigenvalue weighted by Crippen LogP contribution is 1.98. The lowest BCUT2D eigenvalue weighted by molar-refractivity contribution is -0.139. The van der Waals surface area contributed by atoms with E-state index in [0.717, 1.165) is 0 Å². The Bertz CT molecular complexity index is 120. The molecule has 2 atom stereocenters. The average Bonchev–Trinajstić information content (AvgIpc) is 1.87. The van der Waals surface area contributed by atoms with Crippen LogP contribution in [0.2, 0.25) is 0 Å². The third-order valence-electron chi connectivity index (χ3n) is 1.08. The van der Waals surface area contributed by atoms with Gasteiger partial charge in [0.05, 0.1) is 0 Å². The Hall–Kier alpha value is -0.680. The molecule has 0 aliphatic heterocycles. The van der Waals surface area contributed by atoms with E-state index in [1.165, 1.54) is 0 Å². The Kier molecular flexibility index (Phi) is 3.90. The van der Waals surface area contributed by atoms with Crippen molar-refractivity contribution in [3.05, 3.63) is 0 Å². The Morgan fingerprint density at radius 3 is 2.50 bits per heavy atom. The largest absolute Gasteiger partial charge is 0.480 e. The lowest BCUT2D eigenvalue weighted by Gasteiger charge is -2.07. The summed E-state index contributed by atoms with van der Waals surface area (Å²) in [5, 5.41) is 8.19. The molecule has 10 heavy (non-hydrogen) atoms. The predicted molar refractivity (Wildman–Crippen MR) is 34.2 cm³/mol. The van der Waals surface area contributed by atoms with Crippen LogP contribution in [0.4, 0.5) is 4.39 Å². The Labute approximate surface area is 58.0 Å². The van der Waals surface area contributed by atoms with Crippen molar-refractivity contribution in [3.8, 4) is 0 Å². The minimum atomic E-state index is -1.31. The molecule has 4 nitrogen and oxygen atoms in total. The number of halogens is 1. The monoisotopic (exact) mass is 150 g/mol. The molecule has 60 valence electrons. The summed E-state index contributed by atoms with van der Waals surface area (Å²) in [6, 6.07) is -1.14. The summed E-state index contributed by atoms with van der Waals surface area (Å²) < 4.78 is 12.3. The molecular weight excluding hydrogens is 139 g/mol. The summed E-state index contributed by atoms with van der Waals surface area (Å²) in [4.78, 5) is 10.0. The molecule has 0 fully saturated rings. The molecule has 0 unspecified atom stereocenters. The third-order valence-corrected chi connectivity index (χ3v) is 1.08. The molecular formula is C5H11FN2O2. The maximum absolute atomic E-state index is 12.3. The standard InChI is InChI=1S/C5H11FN2O2/c6-3(2-7)1-4(8)5(9)10/h3-4H,1-2,7-8H2,(H,9,10)/t3-,4-/m0/s1. The van der Waals surface area contributed by atoms with Gasteiger partial charge in [-0.3, -0.25) is 4.79 Å². The quantitative estimate of drug-likeness (QED) is 0.483. The van der Waals surface area contributed by atoms with Gasteiger partial charge in [-0.05, 0) is 0 Å². The van der Waals surface area contributed by atoms with Crippen molar-refractivity contribution in [2.75, 3.05) is 6.54 Å². The topological polar surface area (TPSA) is 89.3 Å². The summed E-state index contributed by atoms with van der Waals surface area (Å²) in [5.41, 5.74) is 9.89. The van der Waals surface area contributed by atoms with Gasteiger partial charge in [-0.2, -0.15) is 0 Å². The van der Waals surface area contributed by atoms with Crippen LogP contribution in [0, 0.1) is 0 Å². The molecule has 0 aromatic rings. The molecule has 0 bridgehead atoms. The van der Waals surface area contributed by atoms with Gasteiger partial charge < -0.3 is 16.6 Å². The van der Waals surface area contributed by atoms with Gasteiger partial charge in [0.25, 0.3) is 0 Å². The van der Waals surface area contributed by atoms with Crippen LogP contribution in [-0.4, -0.2) is 29.8 Å². The molecule has 0 saturated carbocycles.